The molecule has 1 heterocycles. The first-order valence-corrected chi connectivity index (χ1v) is 15.6. The van der Waals surface area contributed by atoms with Gasteiger partial charge in [0, 0.05) is 47.6 Å². The van der Waals surface area contributed by atoms with E-state index in [-0.39, 0.29) is 19.1 Å². The van der Waals surface area contributed by atoms with Crippen LogP contribution in [0, 0.1) is 28.6 Å². The van der Waals surface area contributed by atoms with Crippen molar-refractivity contribution < 1.29 is 19.4 Å². The third kappa shape index (κ3) is 7.54. The Bertz CT molecular complexity index is 1750. The Kier molecular flexibility index (Phi) is 10.7. The number of aliphatic carboxylic acids is 1. The molecule has 1 aliphatic carbocycles. The van der Waals surface area contributed by atoms with Crippen molar-refractivity contribution in [3.05, 3.63) is 106 Å². The summed E-state index contributed by atoms with van der Waals surface area (Å²) in [6.45, 7) is 7.56. The topological polar surface area (TPSA) is 119 Å². The molecule has 0 radical (unpaired) electrons. The predicted octanol–water partition coefficient (Wildman–Crippen LogP) is 7.02. The molecule has 1 aliphatic heterocycles. The van der Waals surface area contributed by atoms with Crippen LogP contribution in [-0.2, 0) is 30.8 Å². The summed E-state index contributed by atoms with van der Waals surface area (Å²) in [6, 6.07) is 22.2. The fourth-order valence-electron chi connectivity index (χ4n) is 6.42. The predicted molar refractivity (Wildman–Crippen MR) is 178 cm³/mol. The van der Waals surface area contributed by atoms with Crippen molar-refractivity contribution in [3.63, 3.8) is 0 Å². The zero-order chi connectivity index (χ0) is 32.5. The average Bonchev–Trinajstić information content (AvgIpc) is 3.58. The van der Waals surface area contributed by atoms with Gasteiger partial charge < -0.3 is 14.6 Å². The number of hydrogen-bond donors (Lipinski definition) is 1. The van der Waals surface area contributed by atoms with Crippen molar-refractivity contribution in [1.82, 2.24) is 4.90 Å². The Hall–Kier alpha value is -5.18. The minimum atomic E-state index is -0.755. The van der Waals surface area contributed by atoms with Crippen LogP contribution in [0.1, 0.15) is 54.0 Å². The third-order valence-corrected chi connectivity index (χ3v) is 8.64. The molecule has 0 saturated carbocycles. The summed E-state index contributed by atoms with van der Waals surface area (Å²) in [5.41, 5.74) is 7.81. The van der Waals surface area contributed by atoms with Gasteiger partial charge in [-0.05, 0) is 80.6 Å². The number of ether oxygens (including phenoxy) is 2. The third-order valence-electron chi connectivity index (χ3n) is 8.64. The van der Waals surface area contributed by atoms with E-state index in [4.69, 9.17) is 9.47 Å². The van der Waals surface area contributed by atoms with Gasteiger partial charge in [-0.25, -0.2) is 0 Å². The summed E-state index contributed by atoms with van der Waals surface area (Å²) < 4.78 is 13.0. The van der Waals surface area contributed by atoms with Gasteiger partial charge in [-0.1, -0.05) is 48.5 Å². The van der Waals surface area contributed by atoms with Gasteiger partial charge in [-0.3, -0.25) is 14.7 Å². The Morgan fingerprint density at radius 1 is 1.09 bits per heavy atom. The number of carboxylic acid groups (broad SMARTS) is 1. The first-order chi connectivity index (χ1) is 22.4. The molecule has 0 amide bonds. The van der Waals surface area contributed by atoms with Crippen LogP contribution >= 0.6 is 0 Å². The van der Waals surface area contributed by atoms with Gasteiger partial charge in [-0.15, -0.1) is 0 Å². The summed E-state index contributed by atoms with van der Waals surface area (Å²) in [5, 5.41) is 29.2. The summed E-state index contributed by atoms with van der Waals surface area (Å²) >= 11 is 0. The maximum atomic E-state index is 11.8. The highest BCUT2D eigenvalue weighted by molar-refractivity contribution is 5.72. The number of benzene rings is 3. The smallest absolute Gasteiger partial charge is 0.307 e. The average molecular weight is 615 g/mol. The van der Waals surface area contributed by atoms with Gasteiger partial charge in [-0.2, -0.15) is 10.5 Å². The van der Waals surface area contributed by atoms with E-state index in [1.54, 1.807) is 19.2 Å². The molecule has 1 N–H and O–H groups in total. The van der Waals surface area contributed by atoms with E-state index in [9.17, 15) is 20.4 Å². The highest BCUT2D eigenvalue weighted by Gasteiger charge is 2.29. The largest absolute Gasteiger partial charge is 0.488 e. The minimum Gasteiger partial charge on any atom is -0.488 e. The van der Waals surface area contributed by atoms with E-state index >= 15 is 0 Å². The molecule has 1 fully saturated rings. The molecule has 8 heteroatoms. The lowest BCUT2D eigenvalue weighted by Crippen LogP contribution is -2.38. The molecule has 46 heavy (non-hydrogen) atoms. The zero-order valence-electron chi connectivity index (χ0n) is 26.2. The highest BCUT2D eigenvalue weighted by Crippen LogP contribution is 2.41. The second-order valence-corrected chi connectivity index (χ2v) is 11.8. The lowest BCUT2D eigenvalue weighted by atomic mass is 9.95. The van der Waals surface area contributed by atoms with Crippen molar-refractivity contribution in [2.75, 3.05) is 19.7 Å². The van der Waals surface area contributed by atoms with Gasteiger partial charge in [0.25, 0.3) is 0 Å². The van der Waals surface area contributed by atoms with Gasteiger partial charge >= 0.3 is 5.97 Å². The van der Waals surface area contributed by atoms with Crippen molar-refractivity contribution in [3.8, 4) is 34.8 Å². The SMILES string of the molecule is C=N/C=C(\C=C(/C)C#N)COc1cc(OCc2cccc(-c3ccccc3)c2C#N)c2c(c1CN1CCC[C@@H](C(=O)O)C1)CCC2. The van der Waals surface area contributed by atoms with Crippen LogP contribution in [-0.4, -0.2) is 42.4 Å². The maximum absolute atomic E-state index is 11.8. The van der Waals surface area contributed by atoms with Crippen molar-refractivity contribution in [2.45, 2.75) is 52.2 Å². The van der Waals surface area contributed by atoms with E-state index in [1.807, 2.05) is 54.6 Å². The van der Waals surface area contributed by atoms with Crippen LogP contribution < -0.4 is 9.47 Å². The number of likely N-dealkylation sites (tertiary alicyclic amines) is 1. The number of nitrogens with zero attached hydrogens (tertiary/aromatic N) is 4. The lowest BCUT2D eigenvalue weighted by Gasteiger charge is -2.32. The first kappa shape index (κ1) is 32.2. The zero-order valence-corrected chi connectivity index (χ0v) is 26.2. The highest BCUT2D eigenvalue weighted by atomic mass is 16.5. The van der Waals surface area contributed by atoms with E-state index in [0.717, 1.165) is 65.8 Å². The van der Waals surface area contributed by atoms with Crippen molar-refractivity contribution >= 4 is 12.7 Å². The molecule has 1 atom stereocenters. The molecule has 0 spiro atoms. The molecule has 3 aromatic carbocycles. The first-order valence-electron chi connectivity index (χ1n) is 15.6. The summed E-state index contributed by atoms with van der Waals surface area (Å²) in [4.78, 5) is 17.9. The van der Waals surface area contributed by atoms with Crippen LogP contribution in [0.4, 0.5) is 0 Å². The van der Waals surface area contributed by atoms with Crippen LogP contribution in [0.15, 0.2) is 83.0 Å². The standard InChI is InChI=1S/C38H38N4O4/c1-26(19-39)17-27(21-41-2)24-45-37-18-36(46-25-30-11-6-13-31(34(30)20-40)28-9-4-3-5-10-28)33-15-7-14-32(33)35(37)23-42-16-8-12-29(22-42)38(43)44/h3-6,9-11,13,17-18,21,29H,2,7-8,12,14-16,22-25H2,1H3,(H,43,44)/b26-17+,27-21+/t29-/m1/s1. The van der Waals surface area contributed by atoms with Crippen LogP contribution in [0.3, 0.4) is 0 Å². The Morgan fingerprint density at radius 2 is 1.89 bits per heavy atom. The van der Waals surface area contributed by atoms with Crippen LogP contribution in [0.25, 0.3) is 11.1 Å². The molecular formula is C38H38N4O4. The maximum Gasteiger partial charge on any atom is 0.307 e. The Balaban J connectivity index is 1.49. The molecular weight excluding hydrogens is 576 g/mol. The second kappa shape index (κ2) is 15.2. The number of rotatable bonds is 12. The normalized spacial score (nSPS) is 16.6. The number of carbonyl (C=O) groups is 1. The van der Waals surface area contributed by atoms with Crippen molar-refractivity contribution in [1.29, 1.82) is 10.5 Å². The number of aliphatic imine (C=N–C) groups is 1. The number of hydrogen-bond acceptors (Lipinski definition) is 7. The fourth-order valence-corrected chi connectivity index (χ4v) is 6.42. The molecule has 8 nitrogen and oxygen atoms in total. The molecule has 0 unspecified atom stereocenters. The Labute approximate surface area is 270 Å². The Morgan fingerprint density at radius 3 is 2.63 bits per heavy atom. The quantitative estimate of drug-likeness (QED) is 0.132. The van der Waals surface area contributed by atoms with Gasteiger partial charge in [0.15, 0.2) is 0 Å². The summed E-state index contributed by atoms with van der Waals surface area (Å²) in [5.74, 6) is 0.236. The second-order valence-electron chi connectivity index (χ2n) is 11.8. The van der Waals surface area contributed by atoms with Gasteiger partial charge in [0.05, 0.1) is 17.6 Å². The summed E-state index contributed by atoms with van der Waals surface area (Å²) in [7, 11) is 0. The number of fused-ring (bicyclic) bond motifs is 1. The molecule has 234 valence electrons. The van der Waals surface area contributed by atoms with E-state index in [2.05, 4.69) is 28.7 Å². The lowest BCUT2D eigenvalue weighted by molar-refractivity contribution is -0.143. The van der Waals surface area contributed by atoms with E-state index < -0.39 is 5.97 Å². The van der Waals surface area contributed by atoms with Crippen LogP contribution in [0.2, 0.25) is 0 Å². The van der Waals surface area contributed by atoms with Crippen LogP contribution in [0.5, 0.6) is 11.5 Å². The van der Waals surface area contributed by atoms with Gasteiger partial charge in [0.2, 0.25) is 0 Å². The number of carboxylic acids is 1. The number of nitriles is 2. The molecule has 2 aliphatic rings. The van der Waals surface area contributed by atoms with E-state index in [1.165, 1.54) is 5.56 Å². The molecule has 0 aromatic heterocycles. The van der Waals surface area contributed by atoms with E-state index in [0.29, 0.717) is 42.0 Å². The summed E-state index contributed by atoms with van der Waals surface area (Å²) in [6.07, 6.45) is 7.52. The molecule has 1 saturated heterocycles. The monoisotopic (exact) mass is 614 g/mol. The van der Waals surface area contributed by atoms with Gasteiger partial charge in [0.1, 0.15) is 30.8 Å². The molecule has 3 aromatic rings. The fraction of sp³-hybridized carbons (Fsp3) is 0.316. The van der Waals surface area contributed by atoms with Crippen molar-refractivity contribution in [2.24, 2.45) is 10.9 Å². The molecule has 0 bridgehead atoms. The molecule has 5 rings (SSSR count). The number of piperidine rings is 1. The number of allylic oxidation sites excluding steroid dienone is 1. The minimum absolute atomic E-state index is 0.165.